The number of carbonyl (C=O) groups excluding carboxylic acids is 1. The summed E-state index contributed by atoms with van der Waals surface area (Å²) in [7, 11) is 1.46. The lowest BCUT2D eigenvalue weighted by molar-refractivity contribution is -0.147. The maximum absolute atomic E-state index is 11.6. The van der Waals surface area contributed by atoms with Crippen LogP contribution in [0.25, 0.3) is 0 Å². The number of aliphatic hydroxyl groups is 1. The molecule has 0 spiro atoms. The number of fused-ring (bicyclic) bond motifs is 3. The number of esters is 1. The minimum absolute atomic E-state index is 0.0101. The molecule has 3 rings (SSSR count). The van der Waals surface area contributed by atoms with Crippen LogP contribution >= 0.6 is 0 Å². The second-order valence-corrected chi connectivity index (χ2v) is 5.70. The molecule has 1 saturated carbocycles. The van der Waals surface area contributed by atoms with Gasteiger partial charge in [-0.3, -0.25) is 9.69 Å². The Kier molecular flexibility index (Phi) is 2.87. The first-order valence-corrected chi connectivity index (χ1v) is 6.74. The number of nitrogens with zero attached hydrogens (tertiary/aromatic N) is 1. The summed E-state index contributed by atoms with van der Waals surface area (Å²) in [5.74, 6) is 0.205. The molecule has 0 radical (unpaired) electrons. The largest absolute Gasteiger partial charge is 0.469 e. The highest BCUT2D eigenvalue weighted by Crippen LogP contribution is 2.45. The molecular formula is C13H21NO3. The van der Waals surface area contributed by atoms with Crippen LogP contribution in [-0.2, 0) is 9.53 Å². The smallest absolute Gasteiger partial charge is 0.308 e. The second kappa shape index (κ2) is 4.25. The van der Waals surface area contributed by atoms with E-state index in [4.69, 9.17) is 4.74 Å². The molecule has 4 nitrogen and oxygen atoms in total. The Morgan fingerprint density at radius 2 is 2.12 bits per heavy atom. The van der Waals surface area contributed by atoms with E-state index in [1.165, 1.54) is 13.5 Å². The molecule has 5 atom stereocenters. The fourth-order valence-electron chi connectivity index (χ4n) is 4.23. The van der Waals surface area contributed by atoms with Crippen molar-refractivity contribution in [2.24, 2.45) is 11.8 Å². The Balaban J connectivity index is 1.73. The Morgan fingerprint density at radius 3 is 2.88 bits per heavy atom. The van der Waals surface area contributed by atoms with Crippen LogP contribution in [0.4, 0.5) is 0 Å². The predicted molar refractivity (Wildman–Crippen MR) is 62.4 cm³/mol. The summed E-state index contributed by atoms with van der Waals surface area (Å²) in [6.07, 6.45) is 4.88. The van der Waals surface area contributed by atoms with E-state index in [1.807, 2.05) is 0 Å². The number of carbonyl (C=O) groups is 1. The van der Waals surface area contributed by atoms with Gasteiger partial charge in [-0.15, -0.1) is 0 Å². The molecule has 0 aromatic rings. The first kappa shape index (κ1) is 11.5. The van der Waals surface area contributed by atoms with E-state index in [1.54, 1.807) is 0 Å². The molecule has 4 heteroatoms. The van der Waals surface area contributed by atoms with Gasteiger partial charge in [-0.05, 0) is 38.6 Å². The van der Waals surface area contributed by atoms with Crippen LogP contribution < -0.4 is 0 Å². The summed E-state index contributed by atoms with van der Waals surface area (Å²) in [4.78, 5) is 14.1. The van der Waals surface area contributed by atoms with Gasteiger partial charge in [-0.2, -0.15) is 0 Å². The van der Waals surface area contributed by atoms with Gasteiger partial charge in [-0.25, -0.2) is 0 Å². The van der Waals surface area contributed by atoms with E-state index in [-0.39, 0.29) is 23.9 Å². The average Bonchev–Trinajstić information content (AvgIpc) is 2.92. The van der Waals surface area contributed by atoms with Crippen molar-refractivity contribution in [3.63, 3.8) is 0 Å². The van der Waals surface area contributed by atoms with E-state index in [9.17, 15) is 9.90 Å². The first-order valence-electron chi connectivity index (χ1n) is 6.74. The highest BCUT2D eigenvalue weighted by Gasteiger charge is 2.52. The second-order valence-electron chi connectivity index (χ2n) is 5.70. The van der Waals surface area contributed by atoms with Crippen LogP contribution in [0, 0.1) is 11.8 Å². The van der Waals surface area contributed by atoms with Crippen molar-refractivity contribution >= 4 is 5.97 Å². The van der Waals surface area contributed by atoms with E-state index in [0.717, 1.165) is 32.2 Å². The van der Waals surface area contributed by atoms with Crippen molar-refractivity contribution in [2.75, 3.05) is 13.7 Å². The van der Waals surface area contributed by atoms with Crippen molar-refractivity contribution in [3.05, 3.63) is 0 Å². The first-order chi connectivity index (χ1) is 8.22. The van der Waals surface area contributed by atoms with Crippen molar-refractivity contribution in [1.29, 1.82) is 0 Å². The van der Waals surface area contributed by atoms with Crippen LogP contribution in [-0.4, -0.2) is 47.8 Å². The molecule has 3 fully saturated rings. The van der Waals surface area contributed by atoms with Gasteiger partial charge >= 0.3 is 5.97 Å². The highest BCUT2D eigenvalue weighted by atomic mass is 16.5. The Bertz CT molecular complexity index is 320. The Labute approximate surface area is 102 Å². The minimum atomic E-state index is -0.227. The van der Waals surface area contributed by atoms with Crippen molar-refractivity contribution < 1.29 is 14.6 Å². The van der Waals surface area contributed by atoms with Gasteiger partial charge in [0, 0.05) is 18.0 Å². The van der Waals surface area contributed by atoms with Crippen molar-refractivity contribution in [2.45, 2.75) is 50.3 Å². The zero-order chi connectivity index (χ0) is 12.0. The number of ether oxygens (including phenoxy) is 1. The van der Waals surface area contributed by atoms with Gasteiger partial charge in [0.2, 0.25) is 0 Å². The lowest BCUT2D eigenvalue weighted by atomic mass is 9.76. The summed E-state index contributed by atoms with van der Waals surface area (Å²) in [5.41, 5.74) is 0. The lowest BCUT2D eigenvalue weighted by Gasteiger charge is -2.34. The molecule has 1 N–H and O–H groups in total. The molecular weight excluding hydrogens is 218 g/mol. The summed E-state index contributed by atoms with van der Waals surface area (Å²) in [5, 5.41) is 10.4. The van der Waals surface area contributed by atoms with E-state index in [0.29, 0.717) is 12.1 Å². The number of aliphatic hydroxyl groups excluding tert-OH is 1. The van der Waals surface area contributed by atoms with E-state index in [2.05, 4.69) is 4.90 Å². The summed E-state index contributed by atoms with van der Waals surface area (Å²) < 4.78 is 4.83. The van der Waals surface area contributed by atoms with Crippen LogP contribution in [0.2, 0.25) is 0 Å². The van der Waals surface area contributed by atoms with Gasteiger partial charge in [0.15, 0.2) is 0 Å². The lowest BCUT2D eigenvalue weighted by Crippen LogP contribution is -2.39. The summed E-state index contributed by atoms with van der Waals surface area (Å²) in [6.45, 7) is 1.13. The van der Waals surface area contributed by atoms with Crippen LogP contribution in [0.3, 0.4) is 0 Å². The van der Waals surface area contributed by atoms with Gasteiger partial charge in [-0.1, -0.05) is 0 Å². The maximum Gasteiger partial charge on any atom is 0.308 e. The molecule has 0 bridgehead atoms. The summed E-state index contributed by atoms with van der Waals surface area (Å²) in [6, 6.07) is 0.875. The predicted octanol–water partition coefficient (Wildman–Crippen LogP) is 0.783. The van der Waals surface area contributed by atoms with Gasteiger partial charge < -0.3 is 9.84 Å². The molecule has 2 saturated heterocycles. The molecule has 1 aliphatic carbocycles. The van der Waals surface area contributed by atoms with Crippen molar-refractivity contribution in [3.8, 4) is 0 Å². The fraction of sp³-hybridized carbons (Fsp3) is 0.923. The molecule has 0 aromatic carbocycles. The summed E-state index contributed by atoms with van der Waals surface area (Å²) >= 11 is 0. The zero-order valence-electron chi connectivity index (χ0n) is 10.3. The van der Waals surface area contributed by atoms with Crippen LogP contribution in [0.15, 0.2) is 0 Å². The molecule has 0 unspecified atom stereocenters. The molecule has 2 aliphatic heterocycles. The number of methoxy groups -OCH3 is 1. The molecule has 0 aromatic heterocycles. The SMILES string of the molecule is COC(=O)[C@@H]1CC[C@@H]2[C@H](C1)[C@@H](O)[C@@H]1CCCN21. The van der Waals surface area contributed by atoms with Gasteiger partial charge in [0.1, 0.15) is 0 Å². The molecule has 2 heterocycles. The molecule has 17 heavy (non-hydrogen) atoms. The monoisotopic (exact) mass is 239 g/mol. The standard InChI is InChI=1S/C13H21NO3/c1-17-13(16)8-4-5-10-9(7-8)12(15)11-3-2-6-14(10)11/h8-12,15H,2-7H2,1H3/t8-,9+,10-,11+,12-/m1/s1. The van der Waals surface area contributed by atoms with E-state index >= 15 is 0 Å². The molecule has 3 aliphatic rings. The quantitative estimate of drug-likeness (QED) is 0.687. The topological polar surface area (TPSA) is 49.8 Å². The van der Waals surface area contributed by atoms with Crippen molar-refractivity contribution in [1.82, 2.24) is 4.90 Å². The maximum atomic E-state index is 11.6. The Morgan fingerprint density at radius 1 is 1.29 bits per heavy atom. The third-order valence-electron chi connectivity index (χ3n) is 5.00. The average molecular weight is 239 g/mol. The van der Waals surface area contributed by atoms with E-state index < -0.39 is 0 Å². The fourth-order valence-corrected chi connectivity index (χ4v) is 4.23. The zero-order valence-corrected chi connectivity index (χ0v) is 10.3. The normalized spacial score (nSPS) is 45.4. The van der Waals surface area contributed by atoms with Gasteiger partial charge in [0.05, 0.1) is 19.1 Å². The highest BCUT2D eigenvalue weighted by molar-refractivity contribution is 5.72. The molecule has 96 valence electrons. The van der Waals surface area contributed by atoms with Crippen LogP contribution in [0.1, 0.15) is 32.1 Å². The number of hydrogen-bond donors (Lipinski definition) is 1. The Hall–Kier alpha value is -0.610. The van der Waals surface area contributed by atoms with Gasteiger partial charge in [0.25, 0.3) is 0 Å². The third kappa shape index (κ3) is 1.69. The van der Waals surface area contributed by atoms with Crippen LogP contribution in [0.5, 0.6) is 0 Å². The molecule has 0 amide bonds. The third-order valence-corrected chi connectivity index (χ3v) is 5.00. The number of hydrogen-bond acceptors (Lipinski definition) is 4. The minimum Gasteiger partial charge on any atom is -0.469 e. The number of rotatable bonds is 1.